The lowest BCUT2D eigenvalue weighted by molar-refractivity contribution is -0.121. The van der Waals surface area contributed by atoms with Crippen LogP contribution in [0.5, 0.6) is 5.75 Å². The molecular weight excluding hydrogens is 642 g/mol. The number of likely N-dealkylation sites (N-methyl/N-ethyl adjacent to an activating group) is 3. The number of ether oxygens (including phenoxy) is 2. The molecule has 254 valence electrons. The summed E-state index contributed by atoms with van der Waals surface area (Å²) < 4.78 is 11.7. The molecule has 0 spiro atoms. The quantitative estimate of drug-likeness (QED) is 0.0806. The van der Waals surface area contributed by atoms with E-state index in [4.69, 9.17) is 33.3 Å². The summed E-state index contributed by atoms with van der Waals surface area (Å²) in [6.45, 7) is 4.51. The Bertz CT molecular complexity index is 1570. The van der Waals surface area contributed by atoms with Crippen LogP contribution in [0.25, 0.3) is 10.9 Å². The van der Waals surface area contributed by atoms with Gasteiger partial charge in [-0.2, -0.15) is 0 Å². The minimum Gasteiger partial charge on any atom is -0.445 e. The van der Waals surface area contributed by atoms with Crippen LogP contribution in [0.4, 0.5) is 16.2 Å². The number of nitrogens with one attached hydrogen (secondary N) is 4. The third kappa shape index (κ3) is 8.85. The molecule has 4 rings (SSSR count). The van der Waals surface area contributed by atoms with Gasteiger partial charge in [-0.05, 0) is 74.4 Å². The van der Waals surface area contributed by atoms with Crippen LogP contribution in [-0.2, 0) is 20.9 Å². The number of rotatable bonds is 15. The van der Waals surface area contributed by atoms with E-state index in [1.165, 1.54) is 10.5 Å². The molecule has 2 unspecified atom stereocenters. The van der Waals surface area contributed by atoms with Crippen molar-refractivity contribution < 1.29 is 23.9 Å². The number of aryl methyl sites for hydroxylation is 1. The van der Waals surface area contributed by atoms with Crippen molar-refractivity contribution in [2.75, 3.05) is 70.5 Å². The molecule has 0 fully saturated rings. The van der Waals surface area contributed by atoms with Gasteiger partial charge in [-0.3, -0.25) is 9.59 Å². The molecule has 3 amide bonds. The van der Waals surface area contributed by atoms with Gasteiger partial charge < -0.3 is 45.1 Å². The number of alkyl halides is 1. The zero-order chi connectivity index (χ0) is 34.1. The highest BCUT2D eigenvalue weighted by Gasteiger charge is 2.31. The largest absolute Gasteiger partial charge is 0.445 e. The minimum atomic E-state index is -0.624. The van der Waals surface area contributed by atoms with Crippen molar-refractivity contribution in [1.82, 2.24) is 25.4 Å². The number of amides is 3. The molecule has 2 heterocycles. The first-order chi connectivity index (χ1) is 22.6. The maximum Gasteiger partial charge on any atom is 0.409 e. The maximum absolute atomic E-state index is 12.7. The number of nitrogens with zero attached hydrogens (tertiary/aromatic N) is 3. The van der Waals surface area contributed by atoms with Crippen molar-refractivity contribution in [3.8, 4) is 5.75 Å². The fourth-order valence-corrected chi connectivity index (χ4v) is 6.03. The predicted octanol–water partition coefficient (Wildman–Crippen LogP) is 4.17. The second kappa shape index (κ2) is 16.7. The SMILES string of the molecule is CNCCCC(NC=O)C(=O)Nc1ccc(COC(=O)N(C)CCN(C)C(=S)Oc2cc3c(c4c(C)c[nH]c24)C(CCl)CN3C)cc1. The number of carbonyl (C=O) groups excluding carboxylic acids is 3. The minimum absolute atomic E-state index is 0.0665. The summed E-state index contributed by atoms with van der Waals surface area (Å²) in [7, 11) is 7.37. The average Bonchev–Trinajstić information content (AvgIpc) is 3.61. The number of fused-ring (bicyclic) bond motifs is 3. The fourth-order valence-electron chi connectivity index (χ4n) is 5.60. The number of halogens is 1. The number of H-pyrrole nitrogens is 1. The standard InChI is InChI=1S/C33H44ClN7O5S/c1-21-17-36-30-27(15-26-29(28(21)30)23(16-34)18-41(26)5)46-33(47)40(4)14-13-39(3)32(44)45-19-22-8-10-24(11-9-22)38-31(43)25(37-20-42)7-6-12-35-2/h8-11,15,17,20,23,25,35-36H,6-7,12-14,16,18-19H2,1-5H3,(H,37,42)(H,38,43). The Morgan fingerprint density at radius 3 is 2.62 bits per heavy atom. The van der Waals surface area contributed by atoms with Gasteiger partial charge in [0.25, 0.3) is 5.17 Å². The van der Waals surface area contributed by atoms with Crippen molar-refractivity contribution in [1.29, 1.82) is 0 Å². The molecule has 1 aliphatic heterocycles. The summed E-state index contributed by atoms with van der Waals surface area (Å²) in [4.78, 5) is 45.0. The van der Waals surface area contributed by atoms with Gasteiger partial charge in [0.05, 0.1) is 5.52 Å². The molecule has 0 saturated heterocycles. The van der Waals surface area contributed by atoms with Gasteiger partial charge in [0.1, 0.15) is 12.6 Å². The summed E-state index contributed by atoms with van der Waals surface area (Å²) in [5, 5.41) is 9.80. The van der Waals surface area contributed by atoms with Crippen LogP contribution in [-0.4, -0.2) is 105 Å². The van der Waals surface area contributed by atoms with E-state index >= 15 is 0 Å². The Morgan fingerprint density at radius 1 is 1.21 bits per heavy atom. The Labute approximate surface area is 286 Å². The Hall–Kier alpha value is -4.07. The molecule has 2 atom stereocenters. The van der Waals surface area contributed by atoms with E-state index in [0.29, 0.717) is 43.2 Å². The summed E-state index contributed by atoms with van der Waals surface area (Å²) >= 11 is 11.9. The van der Waals surface area contributed by atoms with E-state index in [2.05, 4.69) is 39.8 Å². The first-order valence-electron chi connectivity index (χ1n) is 15.5. The summed E-state index contributed by atoms with van der Waals surface area (Å²) in [5.41, 5.74) is 5.67. The molecule has 3 aromatic rings. The molecule has 0 aliphatic carbocycles. The maximum atomic E-state index is 12.7. The van der Waals surface area contributed by atoms with E-state index in [-0.39, 0.29) is 23.6 Å². The lowest BCUT2D eigenvalue weighted by Crippen LogP contribution is -2.40. The zero-order valence-electron chi connectivity index (χ0n) is 27.5. The molecule has 2 aromatic carbocycles. The molecule has 12 nitrogen and oxygen atoms in total. The molecule has 0 saturated carbocycles. The van der Waals surface area contributed by atoms with Crippen molar-refractivity contribution in [2.24, 2.45) is 0 Å². The second-order valence-corrected chi connectivity index (χ2v) is 12.5. The number of aromatic nitrogens is 1. The second-order valence-electron chi connectivity index (χ2n) is 11.8. The molecule has 14 heteroatoms. The highest BCUT2D eigenvalue weighted by Crippen LogP contribution is 2.45. The van der Waals surface area contributed by atoms with Crippen molar-refractivity contribution in [3.05, 3.63) is 53.2 Å². The first-order valence-corrected chi connectivity index (χ1v) is 16.5. The lowest BCUT2D eigenvalue weighted by atomic mass is 9.97. The van der Waals surface area contributed by atoms with E-state index in [9.17, 15) is 14.4 Å². The Balaban J connectivity index is 1.25. The monoisotopic (exact) mass is 685 g/mol. The van der Waals surface area contributed by atoms with Crippen LogP contribution in [0.1, 0.15) is 35.4 Å². The third-order valence-electron chi connectivity index (χ3n) is 8.32. The molecular formula is C33H44ClN7O5S. The van der Waals surface area contributed by atoms with E-state index in [1.807, 2.05) is 26.4 Å². The van der Waals surface area contributed by atoms with Gasteiger partial charge in [0.15, 0.2) is 5.75 Å². The number of hydrogen-bond acceptors (Lipinski definition) is 8. The normalized spacial score (nSPS) is 14.3. The topological polar surface area (TPSA) is 131 Å². The molecule has 0 radical (unpaired) electrons. The van der Waals surface area contributed by atoms with Crippen molar-refractivity contribution in [2.45, 2.75) is 38.3 Å². The summed E-state index contributed by atoms with van der Waals surface area (Å²) in [6.07, 6.45) is 3.28. The molecule has 0 bridgehead atoms. The summed E-state index contributed by atoms with van der Waals surface area (Å²) in [6, 6.07) is 8.38. The van der Waals surface area contributed by atoms with E-state index < -0.39 is 12.1 Å². The summed E-state index contributed by atoms with van der Waals surface area (Å²) in [5.74, 6) is 1.13. The molecule has 1 aromatic heterocycles. The number of carbonyl (C=O) groups is 3. The Kier molecular flexibility index (Phi) is 12.7. The molecule has 1 aliphatic rings. The van der Waals surface area contributed by atoms with Crippen LogP contribution in [0.3, 0.4) is 0 Å². The fraction of sp³-hybridized carbons (Fsp3) is 0.455. The van der Waals surface area contributed by atoms with Crippen molar-refractivity contribution in [3.63, 3.8) is 0 Å². The van der Waals surface area contributed by atoms with Gasteiger partial charge in [0, 0.05) is 81.6 Å². The number of benzene rings is 2. The van der Waals surface area contributed by atoms with Gasteiger partial charge in [-0.15, -0.1) is 11.6 Å². The van der Waals surface area contributed by atoms with Crippen LogP contribution >= 0.6 is 23.8 Å². The lowest BCUT2D eigenvalue weighted by Gasteiger charge is -2.24. The van der Waals surface area contributed by atoms with E-state index in [0.717, 1.165) is 47.2 Å². The average molecular weight is 686 g/mol. The van der Waals surface area contributed by atoms with Gasteiger partial charge >= 0.3 is 6.09 Å². The number of anilines is 2. The van der Waals surface area contributed by atoms with Gasteiger partial charge in [0.2, 0.25) is 12.3 Å². The molecule has 47 heavy (non-hydrogen) atoms. The van der Waals surface area contributed by atoms with Crippen LogP contribution in [0.2, 0.25) is 0 Å². The number of thiocarbonyl (C=S) groups is 1. The zero-order valence-corrected chi connectivity index (χ0v) is 29.1. The van der Waals surface area contributed by atoms with Crippen LogP contribution in [0, 0.1) is 6.92 Å². The van der Waals surface area contributed by atoms with Crippen LogP contribution in [0.15, 0.2) is 36.5 Å². The highest BCUT2D eigenvalue weighted by molar-refractivity contribution is 7.80. The van der Waals surface area contributed by atoms with Crippen LogP contribution < -0.4 is 25.6 Å². The molecule has 4 N–H and O–H groups in total. The first kappa shape index (κ1) is 35.8. The van der Waals surface area contributed by atoms with Gasteiger partial charge in [-0.1, -0.05) is 12.1 Å². The van der Waals surface area contributed by atoms with Crippen molar-refractivity contribution >= 4 is 69.7 Å². The predicted molar refractivity (Wildman–Crippen MR) is 190 cm³/mol. The number of hydrogen-bond donors (Lipinski definition) is 4. The smallest absolute Gasteiger partial charge is 0.409 e. The van der Waals surface area contributed by atoms with E-state index in [1.54, 1.807) is 36.2 Å². The Morgan fingerprint density at radius 2 is 1.94 bits per heavy atom. The third-order valence-corrected chi connectivity index (χ3v) is 9.08. The van der Waals surface area contributed by atoms with Gasteiger partial charge in [-0.25, -0.2) is 4.79 Å². The highest BCUT2D eigenvalue weighted by atomic mass is 35.5. The number of aromatic amines is 1.